The van der Waals surface area contributed by atoms with E-state index in [0.29, 0.717) is 5.92 Å². The third-order valence-electron chi connectivity index (χ3n) is 3.08. The van der Waals surface area contributed by atoms with E-state index < -0.39 is 0 Å². The first kappa shape index (κ1) is 13.1. The number of nitrogens with zero attached hydrogens (tertiary/aromatic N) is 3. The zero-order valence-electron chi connectivity index (χ0n) is 11.3. The van der Waals surface area contributed by atoms with Crippen molar-refractivity contribution in [1.82, 2.24) is 15.2 Å². The Hall–Kier alpha value is -1.29. The highest BCUT2D eigenvalue weighted by molar-refractivity contribution is 7.14. The van der Waals surface area contributed by atoms with E-state index in [4.69, 9.17) is 0 Å². The second kappa shape index (κ2) is 5.14. The molecule has 4 heteroatoms. The first-order valence-electron chi connectivity index (χ1n) is 6.27. The van der Waals surface area contributed by atoms with Crippen LogP contribution in [0.1, 0.15) is 45.0 Å². The van der Waals surface area contributed by atoms with E-state index in [1.807, 2.05) is 18.2 Å². The Labute approximate surface area is 112 Å². The van der Waals surface area contributed by atoms with E-state index in [9.17, 15) is 0 Å². The fourth-order valence-electron chi connectivity index (χ4n) is 2.13. The van der Waals surface area contributed by atoms with Crippen LogP contribution in [0.25, 0.3) is 10.7 Å². The molecule has 1 atom stereocenters. The maximum absolute atomic E-state index is 4.36. The molecule has 0 bridgehead atoms. The first-order chi connectivity index (χ1) is 8.52. The molecule has 0 aliphatic heterocycles. The molecule has 0 amide bonds. The van der Waals surface area contributed by atoms with Gasteiger partial charge in [-0.15, -0.1) is 10.2 Å². The van der Waals surface area contributed by atoms with Crippen molar-refractivity contribution in [3.05, 3.63) is 29.4 Å². The van der Waals surface area contributed by atoms with Crippen LogP contribution in [0.2, 0.25) is 0 Å². The summed E-state index contributed by atoms with van der Waals surface area (Å²) in [6.45, 7) is 8.97. The molecular formula is C14H19N3S. The summed E-state index contributed by atoms with van der Waals surface area (Å²) in [4.78, 5) is 4.32. The lowest BCUT2D eigenvalue weighted by Crippen LogP contribution is -2.17. The lowest BCUT2D eigenvalue weighted by molar-refractivity contribution is 0.310. The van der Waals surface area contributed by atoms with Gasteiger partial charge in [-0.2, -0.15) is 0 Å². The van der Waals surface area contributed by atoms with E-state index in [0.717, 1.165) is 22.1 Å². The van der Waals surface area contributed by atoms with Gasteiger partial charge in [-0.05, 0) is 24.0 Å². The van der Waals surface area contributed by atoms with Gasteiger partial charge in [0, 0.05) is 12.1 Å². The van der Waals surface area contributed by atoms with E-state index in [-0.39, 0.29) is 5.41 Å². The molecule has 2 rings (SSSR count). The van der Waals surface area contributed by atoms with Crippen molar-refractivity contribution >= 4 is 11.3 Å². The van der Waals surface area contributed by atoms with Crippen LogP contribution in [0.15, 0.2) is 24.4 Å². The zero-order valence-corrected chi connectivity index (χ0v) is 12.2. The number of aromatic nitrogens is 3. The SMILES string of the molecule is CCC(c1nnc(-c2ccccn2)s1)C(C)(C)C. The minimum Gasteiger partial charge on any atom is -0.254 e. The van der Waals surface area contributed by atoms with Crippen LogP contribution in [0.5, 0.6) is 0 Å². The highest BCUT2D eigenvalue weighted by atomic mass is 32.1. The van der Waals surface area contributed by atoms with Crippen LogP contribution in [-0.2, 0) is 0 Å². The topological polar surface area (TPSA) is 38.7 Å². The minimum atomic E-state index is 0.218. The number of hydrogen-bond acceptors (Lipinski definition) is 4. The van der Waals surface area contributed by atoms with Crippen LogP contribution in [-0.4, -0.2) is 15.2 Å². The molecule has 0 N–H and O–H groups in total. The van der Waals surface area contributed by atoms with Crippen molar-refractivity contribution in [2.24, 2.45) is 5.41 Å². The fourth-order valence-corrected chi connectivity index (χ4v) is 3.37. The molecule has 2 heterocycles. The average Bonchev–Trinajstić information content (AvgIpc) is 2.78. The van der Waals surface area contributed by atoms with Crippen molar-refractivity contribution in [2.45, 2.75) is 40.0 Å². The summed E-state index contributed by atoms with van der Waals surface area (Å²) in [5.41, 5.74) is 1.13. The van der Waals surface area contributed by atoms with Crippen molar-refractivity contribution in [3.63, 3.8) is 0 Å². The van der Waals surface area contributed by atoms with Gasteiger partial charge in [-0.25, -0.2) is 0 Å². The highest BCUT2D eigenvalue weighted by Crippen LogP contribution is 2.39. The summed E-state index contributed by atoms with van der Waals surface area (Å²) < 4.78 is 0. The standard InChI is InChI=1S/C14H19N3S/c1-5-10(14(2,3)4)12-16-17-13(18-12)11-8-6-7-9-15-11/h6-10H,5H2,1-4H3. The maximum atomic E-state index is 4.36. The predicted octanol–water partition coefficient (Wildman–Crippen LogP) is 4.14. The molecular weight excluding hydrogens is 242 g/mol. The zero-order chi connectivity index (χ0) is 13.2. The highest BCUT2D eigenvalue weighted by Gasteiger charge is 2.28. The van der Waals surface area contributed by atoms with Gasteiger partial charge < -0.3 is 0 Å². The average molecular weight is 261 g/mol. The molecule has 0 saturated heterocycles. The van der Waals surface area contributed by atoms with Gasteiger partial charge in [-0.1, -0.05) is 45.1 Å². The molecule has 3 nitrogen and oxygen atoms in total. The molecule has 0 aliphatic carbocycles. The number of hydrogen-bond donors (Lipinski definition) is 0. The summed E-state index contributed by atoms with van der Waals surface area (Å²) in [7, 11) is 0. The number of rotatable bonds is 3. The molecule has 0 aromatic carbocycles. The van der Waals surface area contributed by atoms with Crippen molar-refractivity contribution in [3.8, 4) is 10.7 Å². The van der Waals surface area contributed by atoms with Crippen LogP contribution >= 0.6 is 11.3 Å². The van der Waals surface area contributed by atoms with Crippen molar-refractivity contribution in [1.29, 1.82) is 0 Å². The lowest BCUT2D eigenvalue weighted by atomic mass is 9.80. The summed E-state index contributed by atoms with van der Waals surface area (Å²) in [5.74, 6) is 0.451. The fraction of sp³-hybridized carbons (Fsp3) is 0.500. The van der Waals surface area contributed by atoms with Crippen molar-refractivity contribution < 1.29 is 0 Å². The Morgan fingerprint density at radius 1 is 1.22 bits per heavy atom. The summed E-state index contributed by atoms with van der Waals surface area (Å²) in [6, 6.07) is 5.86. The molecule has 1 unspecified atom stereocenters. The predicted molar refractivity (Wildman–Crippen MR) is 75.6 cm³/mol. The Kier molecular flexibility index (Phi) is 3.76. The van der Waals surface area contributed by atoms with E-state index in [1.165, 1.54) is 0 Å². The Balaban J connectivity index is 2.31. The van der Waals surface area contributed by atoms with Crippen molar-refractivity contribution in [2.75, 3.05) is 0 Å². The van der Waals surface area contributed by atoms with Gasteiger partial charge in [0.25, 0.3) is 0 Å². The van der Waals surface area contributed by atoms with Crippen LogP contribution in [0, 0.1) is 5.41 Å². The van der Waals surface area contributed by atoms with Crippen LogP contribution < -0.4 is 0 Å². The molecule has 0 spiro atoms. The second-order valence-corrected chi connectivity index (χ2v) is 6.50. The second-order valence-electron chi connectivity index (χ2n) is 5.49. The summed E-state index contributed by atoms with van der Waals surface area (Å²) in [6.07, 6.45) is 2.87. The van der Waals surface area contributed by atoms with Gasteiger partial charge in [0.1, 0.15) is 10.7 Å². The molecule has 96 valence electrons. The quantitative estimate of drug-likeness (QED) is 0.833. The summed E-state index contributed by atoms with van der Waals surface area (Å²) in [5, 5.41) is 10.7. The largest absolute Gasteiger partial charge is 0.254 e. The summed E-state index contributed by atoms with van der Waals surface area (Å²) >= 11 is 1.66. The molecule has 18 heavy (non-hydrogen) atoms. The van der Waals surface area contributed by atoms with Crippen LogP contribution in [0.3, 0.4) is 0 Å². The molecule has 2 aromatic heterocycles. The molecule has 0 fully saturated rings. The van der Waals surface area contributed by atoms with E-state index in [1.54, 1.807) is 17.5 Å². The smallest absolute Gasteiger partial charge is 0.166 e. The third kappa shape index (κ3) is 2.75. The number of pyridine rings is 1. The molecule has 0 saturated carbocycles. The molecule has 0 radical (unpaired) electrons. The molecule has 0 aliphatic rings. The van der Waals surface area contributed by atoms with Gasteiger partial charge in [0.2, 0.25) is 0 Å². The van der Waals surface area contributed by atoms with Gasteiger partial charge in [0.05, 0.1) is 0 Å². The maximum Gasteiger partial charge on any atom is 0.166 e. The van der Waals surface area contributed by atoms with E-state index in [2.05, 4.69) is 42.9 Å². The minimum absolute atomic E-state index is 0.218. The first-order valence-corrected chi connectivity index (χ1v) is 7.09. The van der Waals surface area contributed by atoms with Crippen LogP contribution in [0.4, 0.5) is 0 Å². The van der Waals surface area contributed by atoms with Gasteiger partial charge >= 0.3 is 0 Å². The lowest BCUT2D eigenvalue weighted by Gasteiger charge is -2.27. The monoisotopic (exact) mass is 261 g/mol. The normalized spacial score (nSPS) is 13.6. The molecule has 2 aromatic rings. The third-order valence-corrected chi connectivity index (χ3v) is 4.14. The van der Waals surface area contributed by atoms with E-state index >= 15 is 0 Å². The Bertz CT molecular complexity index is 499. The van der Waals surface area contributed by atoms with Gasteiger partial charge in [-0.3, -0.25) is 4.98 Å². The Morgan fingerprint density at radius 3 is 2.56 bits per heavy atom. The Morgan fingerprint density at radius 2 is 2.00 bits per heavy atom. The van der Waals surface area contributed by atoms with Gasteiger partial charge in [0.15, 0.2) is 5.01 Å².